The van der Waals surface area contributed by atoms with Gasteiger partial charge < -0.3 is 4.74 Å². The summed E-state index contributed by atoms with van der Waals surface area (Å²) in [6.45, 7) is 2.08. The first-order valence-corrected chi connectivity index (χ1v) is 5.26. The summed E-state index contributed by atoms with van der Waals surface area (Å²) in [5.41, 5.74) is 8.36. The first-order chi connectivity index (χ1) is 6.67. The molecule has 78 valence electrons. The number of hydrogen-bond acceptors (Lipinski definition) is 2. The normalized spacial score (nSPS) is 46.0. The Morgan fingerprint density at radius 2 is 1.93 bits per heavy atom. The van der Waals surface area contributed by atoms with Gasteiger partial charge in [0.1, 0.15) is 0 Å². The van der Waals surface area contributed by atoms with Crippen molar-refractivity contribution in [3.63, 3.8) is 0 Å². The molecule has 0 amide bonds. The van der Waals surface area contributed by atoms with Crippen molar-refractivity contribution in [1.29, 1.82) is 0 Å². The second kappa shape index (κ2) is 3.44. The molecule has 2 rings (SSSR count). The molecule has 2 fully saturated rings. The van der Waals surface area contributed by atoms with Gasteiger partial charge in [-0.3, -0.25) is 0 Å². The van der Waals surface area contributed by atoms with Crippen molar-refractivity contribution in [3.05, 3.63) is 10.4 Å². The Bertz CT molecular complexity index is 259. The summed E-state index contributed by atoms with van der Waals surface area (Å²) in [6, 6.07) is 0. The summed E-state index contributed by atoms with van der Waals surface area (Å²) in [5.74, 6) is 1.44. The summed E-state index contributed by atoms with van der Waals surface area (Å²) >= 11 is 0. The minimum Gasteiger partial charge on any atom is -0.381 e. The van der Waals surface area contributed by atoms with Crippen molar-refractivity contribution in [3.8, 4) is 0 Å². The Labute approximate surface area is 84.3 Å². The van der Waals surface area contributed by atoms with Crippen LogP contribution in [0.15, 0.2) is 5.11 Å². The van der Waals surface area contributed by atoms with Crippen LogP contribution in [0.1, 0.15) is 32.6 Å². The van der Waals surface area contributed by atoms with Gasteiger partial charge >= 0.3 is 0 Å². The van der Waals surface area contributed by atoms with Gasteiger partial charge in [0.2, 0.25) is 0 Å². The van der Waals surface area contributed by atoms with Gasteiger partial charge in [-0.15, -0.1) is 0 Å². The first-order valence-electron chi connectivity index (χ1n) is 5.26. The number of hydrogen-bond donors (Lipinski definition) is 0. The highest BCUT2D eigenvalue weighted by Crippen LogP contribution is 2.50. The molecule has 0 aromatic heterocycles. The number of methoxy groups -OCH3 is 1. The monoisotopic (exact) mass is 195 g/mol. The second-order valence-electron chi connectivity index (χ2n) is 4.94. The van der Waals surface area contributed by atoms with Crippen LogP contribution >= 0.6 is 0 Å². The number of fused-ring (bicyclic) bond motifs is 1. The average Bonchev–Trinajstić information content (AvgIpc) is 2.59. The molecule has 0 N–H and O–H groups in total. The van der Waals surface area contributed by atoms with Gasteiger partial charge in [-0.1, -0.05) is 12.0 Å². The highest BCUT2D eigenvalue weighted by molar-refractivity contribution is 5.02. The lowest BCUT2D eigenvalue weighted by molar-refractivity contribution is 0.0990. The van der Waals surface area contributed by atoms with Crippen molar-refractivity contribution in [1.82, 2.24) is 0 Å². The Kier molecular flexibility index (Phi) is 2.41. The Morgan fingerprint density at radius 1 is 1.36 bits per heavy atom. The Morgan fingerprint density at radius 3 is 2.36 bits per heavy atom. The van der Waals surface area contributed by atoms with Gasteiger partial charge in [0.15, 0.2) is 0 Å². The molecule has 4 atom stereocenters. The first kappa shape index (κ1) is 9.81. The predicted octanol–water partition coefficient (Wildman–Crippen LogP) is 2.89. The van der Waals surface area contributed by atoms with Crippen LogP contribution < -0.4 is 0 Å². The van der Waals surface area contributed by atoms with Gasteiger partial charge in [-0.2, -0.15) is 0 Å². The van der Waals surface area contributed by atoms with Crippen molar-refractivity contribution < 1.29 is 4.74 Å². The Hall–Kier alpha value is -0.730. The van der Waals surface area contributed by atoms with Crippen molar-refractivity contribution >= 4 is 0 Å². The number of nitrogens with zero attached hydrogens (tertiary/aromatic N) is 3. The summed E-state index contributed by atoms with van der Waals surface area (Å²) in [5, 5.41) is 3.93. The highest BCUT2D eigenvalue weighted by Gasteiger charge is 2.46. The summed E-state index contributed by atoms with van der Waals surface area (Å²) in [7, 11) is 1.79. The third-order valence-corrected chi connectivity index (χ3v) is 3.82. The SMILES string of the molecule is CO[C@H]1C[C@@H]2CC(C)(N=[N+]=[N-])C[C@@H]2C1. The van der Waals surface area contributed by atoms with Crippen LogP contribution in [0.5, 0.6) is 0 Å². The van der Waals surface area contributed by atoms with Gasteiger partial charge in [0.25, 0.3) is 0 Å². The maximum atomic E-state index is 8.49. The van der Waals surface area contributed by atoms with E-state index in [1.807, 2.05) is 0 Å². The maximum absolute atomic E-state index is 8.49. The lowest BCUT2D eigenvalue weighted by Gasteiger charge is -2.19. The number of rotatable bonds is 2. The number of ether oxygens (including phenoxy) is 1. The van der Waals surface area contributed by atoms with Crippen molar-refractivity contribution in [2.75, 3.05) is 7.11 Å². The quantitative estimate of drug-likeness (QED) is 0.379. The zero-order valence-electron chi connectivity index (χ0n) is 8.81. The van der Waals surface area contributed by atoms with Crippen LogP contribution in [0.25, 0.3) is 10.4 Å². The van der Waals surface area contributed by atoms with Crippen LogP contribution in [-0.2, 0) is 4.74 Å². The van der Waals surface area contributed by atoms with E-state index in [2.05, 4.69) is 16.9 Å². The third-order valence-electron chi connectivity index (χ3n) is 3.82. The molecule has 0 saturated heterocycles. The van der Waals surface area contributed by atoms with E-state index in [-0.39, 0.29) is 5.54 Å². The largest absolute Gasteiger partial charge is 0.381 e. The second-order valence-corrected chi connectivity index (χ2v) is 4.94. The molecule has 0 aromatic rings. The molecule has 1 unspecified atom stereocenters. The van der Waals surface area contributed by atoms with E-state index in [4.69, 9.17) is 10.3 Å². The van der Waals surface area contributed by atoms with Gasteiger partial charge in [-0.05, 0) is 43.1 Å². The molecule has 0 spiro atoms. The molecule has 2 aliphatic carbocycles. The van der Waals surface area contributed by atoms with Crippen LogP contribution in [0.2, 0.25) is 0 Å². The topological polar surface area (TPSA) is 58.0 Å². The van der Waals surface area contributed by atoms with Crippen molar-refractivity contribution in [2.24, 2.45) is 17.0 Å². The Balaban J connectivity index is 2.02. The molecular formula is C10H17N3O. The van der Waals surface area contributed by atoms with Gasteiger partial charge in [-0.25, -0.2) is 0 Å². The van der Waals surface area contributed by atoms with E-state index >= 15 is 0 Å². The standard InChI is InChI=1S/C10H17N3O/c1-10(12-13-11)5-7-3-9(14-2)4-8(7)6-10/h7-9H,3-6H2,1-2H3/t7-,8+,9+,10?. The molecular weight excluding hydrogens is 178 g/mol. The van der Waals surface area contributed by atoms with Crippen molar-refractivity contribution in [2.45, 2.75) is 44.2 Å². The van der Waals surface area contributed by atoms with Crippen LogP contribution in [0.4, 0.5) is 0 Å². The summed E-state index contributed by atoms with van der Waals surface area (Å²) < 4.78 is 5.37. The lowest BCUT2D eigenvalue weighted by Crippen LogP contribution is -2.19. The molecule has 4 heteroatoms. The molecule has 0 radical (unpaired) electrons. The van der Waals surface area contributed by atoms with E-state index in [1.165, 1.54) is 0 Å². The smallest absolute Gasteiger partial charge is 0.0576 e. The lowest BCUT2D eigenvalue weighted by atomic mass is 9.97. The zero-order chi connectivity index (χ0) is 10.2. The molecule has 0 aromatic carbocycles. The third kappa shape index (κ3) is 1.60. The predicted molar refractivity (Wildman–Crippen MR) is 53.8 cm³/mol. The molecule has 0 heterocycles. The highest BCUT2D eigenvalue weighted by atomic mass is 16.5. The van der Waals surface area contributed by atoms with E-state index in [0.29, 0.717) is 6.10 Å². The van der Waals surface area contributed by atoms with Gasteiger partial charge in [0.05, 0.1) is 6.10 Å². The fourth-order valence-electron chi connectivity index (χ4n) is 3.25. The maximum Gasteiger partial charge on any atom is 0.0576 e. The molecule has 2 saturated carbocycles. The minimum absolute atomic E-state index is 0.122. The molecule has 2 aliphatic rings. The van der Waals surface area contributed by atoms with E-state index in [1.54, 1.807) is 7.11 Å². The van der Waals surface area contributed by atoms with E-state index in [0.717, 1.165) is 37.5 Å². The van der Waals surface area contributed by atoms with E-state index < -0.39 is 0 Å². The summed E-state index contributed by atoms with van der Waals surface area (Å²) in [6.07, 6.45) is 4.83. The fourth-order valence-corrected chi connectivity index (χ4v) is 3.25. The number of azide groups is 1. The van der Waals surface area contributed by atoms with Crippen LogP contribution in [0.3, 0.4) is 0 Å². The molecule has 14 heavy (non-hydrogen) atoms. The zero-order valence-corrected chi connectivity index (χ0v) is 8.81. The van der Waals surface area contributed by atoms with E-state index in [9.17, 15) is 0 Å². The van der Waals surface area contributed by atoms with Crippen LogP contribution in [-0.4, -0.2) is 18.8 Å². The summed E-state index contributed by atoms with van der Waals surface area (Å²) in [4.78, 5) is 2.95. The molecule has 0 bridgehead atoms. The molecule has 0 aliphatic heterocycles. The van der Waals surface area contributed by atoms with Gasteiger partial charge in [0, 0.05) is 17.6 Å². The minimum atomic E-state index is -0.122. The average molecular weight is 195 g/mol. The fraction of sp³-hybridized carbons (Fsp3) is 1.00. The van der Waals surface area contributed by atoms with Crippen LogP contribution in [0, 0.1) is 11.8 Å². The molecule has 4 nitrogen and oxygen atoms in total.